The van der Waals surface area contributed by atoms with Gasteiger partial charge in [-0.1, -0.05) is 91.0 Å². The van der Waals surface area contributed by atoms with Crippen molar-refractivity contribution in [2.24, 2.45) is 0 Å². The van der Waals surface area contributed by atoms with E-state index in [1.165, 1.54) is 0 Å². The molecule has 1 N–H and O–H groups in total. The lowest BCUT2D eigenvalue weighted by molar-refractivity contribution is 0.481. The van der Waals surface area contributed by atoms with Gasteiger partial charge >= 0.3 is 0 Å². The summed E-state index contributed by atoms with van der Waals surface area (Å²) in [6.07, 6.45) is 1.86. The number of nitrogens with one attached hydrogen (secondary N) is 1. The maximum absolute atomic E-state index is 6.43. The molecule has 0 aliphatic heterocycles. The number of hydrogen-bond donors (Lipinski definition) is 1. The van der Waals surface area contributed by atoms with Crippen LogP contribution in [0.15, 0.2) is 140 Å². The van der Waals surface area contributed by atoms with Gasteiger partial charge in [-0.15, -0.1) is 0 Å². The summed E-state index contributed by atoms with van der Waals surface area (Å²) in [5, 5.41) is 7.40. The molecule has 0 bridgehead atoms. The first-order valence-corrected chi connectivity index (χ1v) is 12.7. The molecule has 0 fully saturated rings. The molecule has 2 heterocycles. The number of rotatable bonds is 7. The molecule has 0 radical (unpaired) electrons. The van der Waals surface area contributed by atoms with Crippen molar-refractivity contribution in [1.82, 2.24) is 15.2 Å². The second-order valence-electron chi connectivity index (χ2n) is 9.29. The zero-order valence-electron chi connectivity index (χ0n) is 21.1. The largest absolute Gasteiger partial charge is 0.457 e. The molecule has 0 aliphatic rings. The van der Waals surface area contributed by atoms with Crippen molar-refractivity contribution in [3.05, 3.63) is 168 Å². The topological polar surface area (TPSA) is 50.8 Å². The van der Waals surface area contributed by atoms with Crippen LogP contribution in [-0.2, 0) is 5.41 Å². The first kappa shape index (κ1) is 23.4. The first-order chi connectivity index (χ1) is 18.7. The van der Waals surface area contributed by atoms with Gasteiger partial charge in [0.05, 0.1) is 16.8 Å². The fraction of sp³-hybridized carbons (Fsp3) is 0.0588. The SMILES string of the molecule is Cc1cc(-c2cccc(Oc3cccc(C(c4ccccc4)(c4ccccc4)c4ccccn4)c3)c2)n[nH]1. The molecular weight excluding hydrogens is 466 g/mol. The minimum atomic E-state index is -0.627. The minimum Gasteiger partial charge on any atom is -0.457 e. The number of pyridine rings is 1. The summed E-state index contributed by atoms with van der Waals surface area (Å²) in [6, 6.07) is 45.6. The van der Waals surface area contributed by atoms with E-state index in [1.54, 1.807) is 0 Å². The summed E-state index contributed by atoms with van der Waals surface area (Å²) < 4.78 is 6.43. The molecule has 6 rings (SSSR count). The van der Waals surface area contributed by atoms with Gasteiger partial charge in [0.1, 0.15) is 11.5 Å². The van der Waals surface area contributed by atoms with Crippen LogP contribution in [0.25, 0.3) is 11.3 Å². The summed E-state index contributed by atoms with van der Waals surface area (Å²) in [5.41, 5.74) is 6.58. The van der Waals surface area contributed by atoms with E-state index in [9.17, 15) is 0 Å². The Morgan fingerprint density at radius 1 is 0.605 bits per heavy atom. The Labute approximate surface area is 222 Å². The molecule has 38 heavy (non-hydrogen) atoms. The lowest BCUT2D eigenvalue weighted by Crippen LogP contribution is -2.32. The monoisotopic (exact) mass is 493 g/mol. The van der Waals surface area contributed by atoms with Crippen LogP contribution in [0, 0.1) is 6.92 Å². The maximum Gasteiger partial charge on any atom is 0.128 e. The van der Waals surface area contributed by atoms with Gasteiger partial charge in [-0.05, 0) is 66.1 Å². The van der Waals surface area contributed by atoms with Crippen LogP contribution in [-0.4, -0.2) is 15.2 Å². The molecule has 0 unspecified atom stereocenters. The van der Waals surface area contributed by atoms with Crippen molar-refractivity contribution in [2.45, 2.75) is 12.3 Å². The number of hydrogen-bond acceptors (Lipinski definition) is 3. The van der Waals surface area contributed by atoms with Gasteiger partial charge in [0.2, 0.25) is 0 Å². The standard InChI is InChI=1S/C34H27N3O/c1-25-22-32(37-36-25)26-12-10-18-30(23-26)38-31-19-11-17-29(24-31)34(27-13-4-2-5-14-27,28-15-6-3-7-16-28)33-20-8-9-21-35-33/h2-24H,1H3,(H,36,37). The minimum absolute atomic E-state index is 0.627. The molecule has 0 atom stereocenters. The molecule has 0 saturated carbocycles. The van der Waals surface area contributed by atoms with Crippen LogP contribution >= 0.6 is 0 Å². The summed E-state index contributed by atoms with van der Waals surface area (Å²) in [6.45, 7) is 2.00. The van der Waals surface area contributed by atoms with Crippen molar-refractivity contribution >= 4 is 0 Å². The molecule has 4 nitrogen and oxygen atoms in total. The van der Waals surface area contributed by atoms with E-state index in [0.717, 1.165) is 50.8 Å². The number of nitrogens with zero attached hydrogens (tertiary/aromatic N) is 2. The summed E-state index contributed by atoms with van der Waals surface area (Å²) >= 11 is 0. The van der Waals surface area contributed by atoms with Gasteiger partial charge in [0, 0.05) is 17.5 Å². The lowest BCUT2D eigenvalue weighted by atomic mass is 9.67. The Hall–Kier alpha value is -4.96. The highest BCUT2D eigenvalue weighted by molar-refractivity contribution is 5.62. The van der Waals surface area contributed by atoms with E-state index in [4.69, 9.17) is 9.72 Å². The van der Waals surface area contributed by atoms with Crippen LogP contribution in [0.1, 0.15) is 28.1 Å². The summed E-state index contributed by atoms with van der Waals surface area (Å²) in [7, 11) is 0. The zero-order chi connectivity index (χ0) is 25.8. The van der Waals surface area contributed by atoms with Crippen LogP contribution in [0.4, 0.5) is 0 Å². The van der Waals surface area contributed by atoms with E-state index in [0.29, 0.717) is 0 Å². The van der Waals surface area contributed by atoms with E-state index < -0.39 is 5.41 Å². The molecule has 0 spiro atoms. The molecule has 6 aromatic rings. The molecule has 2 aromatic heterocycles. The Balaban J connectivity index is 1.49. The van der Waals surface area contributed by atoms with Crippen molar-refractivity contribution in [1.29, 1.82) is 0 Å². The molecule has 0 amide bonds. The van der Waals surface area contributed by atoms with E-state index >= 15 is 0 Å². The average Bonchev–Trinajstić information content (AvgIpc) is 3.42. The normalized spacial score (nSPS) is 11.3. The highest BCUT2D eigenvalue weighted by Gasteiger charge is 2.39. The molecule has 0 saturated heterocycles. The smallest absolute Gasteiger partial charge is 0.128 e. The third-order valence-corrected chi connectivity index (χ3v) is 6.80. The van der Waals surface area contributed by atoms with Gasteiger partial charge in [-0.25, -0.2) is 0 Å². The van der Waals surface area contributed by atoms with Gasteiger partial charge in [-0.3, -0.25) is 10.1 Å². The predicted molar refractivity (Wildman–Crippen MR) is 151 cm³/mol. The number of aromatic nitrogens is 3. The van der Waals surface area contributed by atoms with E-state index in [1.807, 2.05) is 73.8 Å². The Kier molecular flexibility index (Phi) is 6.29. The third-order valence-electron chi connectivity index (χ3n) is 6.80. The van der Waals surface area contributed by atoms with Gasteiger partial charge < -0.3 is 4.74 Å². The zero-order valence-corrected chi connectivity index (χ0v) is 21.1. The molecular formula is C34H27N3O. The number of H-pyrrole nitrogens is 1. The quantitative estimate of drug-likeness (QED) is 0.230. The Bertz CT molecular complexity index is 1550. The predicted octanol–water partition coefficient (Wildman–Crippen LogP) is 7.96. The fourth-order valence-corrected chi connectivity index (χ4v) is 5.12. The van der Waals surface area contributed by atoms with Gasteiger partial charge in [0.15, 0.2) is 0 Å². The van der Waals surface area contributed by atoms with Crippen molar-refractivity contribution in [3.63, 3.8) is 0 Å². The number of aryl methyl sites for hydroxylation is 1. The maximum atomic E-state index is 6.43. The van der Waals surface area contributed by atoms with Crippen LogP contribution in [0.3, 0.4) is 0 Å². The highest BCUT2D eigenvalue weighted by atomic mass is 16.5. The van der Waals surface area contributed by atoms with Crippen molar-refractivity contribution in [3.8, 4) is 22.8 Å². The fourth-order valence-electron chi connectivity index (χ4n) is 5.12. The van der Waals surface area contributed by atoms with Crippen molar-refractivity contribution < 1.29 is 4.74 Å². The molecule has 4 heteroatoms. The second-order valence-corrected chi connectivity index (χ2v) is 9.29. The molecule has 184 valence electrons. The number of benzene rings is 4. The summed E-state index contributed by atoms with van der Waals surface area (Å²) in [4.78, 5) is 4.89. The van der Waals surface area contributed by atoms with Gasteiger partial charge in [-0.2, -0.15) is 5.10 Å². The molecule has 0 aliphatic carbocycles. The van der Waals surface area contributed by atoms with Crippen molar-refractivity contribution in [2.75, 3.05) is 0 Å². The first-order valence-electron chi connectivity index (χ1n) is 12.7. The average molecular weight is 494 g/mol. The van der Waals surface area contributed by atoms with Crippen LogP contribution < -0.4 is 4.74 Å². The summed E-state index contributed by atoms with van der Waals surface area (Å²) in [5.74, 6) is 1.51. The second kappa shape index (κ2) is 10.2. The number of ether oxygens (including phenoxy) is 1. The Morgan fingerprint density at radius 2 is 1.24 bits per heavy atom. The van der Waals surface area contributed by atoms with E-state index in [2.05, 4.69) is 83.0 Å². The molecule has 4 aromatic carbocycles. The van der Waals surface area contributed by atoms with Gasteiger partial charge in [0.25, 0.3) is 0 Å². The Morgan fingerprint density at radius 3 is 1.87 bits per heavy atom. The lowest BCUT2D eigenvalue weighted by Gasteiger charge is -2.35. The number of aromatic amines is 1. The third kappa shape index (κ3) is 4.37. The van der Waals surface area contributed by atoms with E-state index in [-0.39, 0.29) is 0 Å². The highest BCUT2D eigenvalue weighted by Crippen LogP contribution is 2.45. The van der Waals surface area contributed by atoms with Crippen LogP contribution in [0.2, 0.25) is 0 Å². The van der Waals surface area contributed by atoms with Crippen LogP contribution in [0.5, 0.6) is 11.5 Å².